The molecule has 0 saturated heterocycles. The molecule has 4 aromatic rings. The first-order chi connectivity index (χ1) is 21.0. The first-order valence-corrected chi connectivity index (χ1v) is 14.7. The number of carbonyl (C=O) groups excluding carboxylic acids is 2. The van der Waals surface area contributed by atoms with Gasteiger partial charge in [-0.05, 0) is 50.6 Å². The standard InChI is InChI=1S/C27H24F4N6O7S/c1-13(38)26(2,3)25-34-22(35-44-25)16-8-19-20(9-17(16)28)45(40,41)12-18(32)23(39)37(19)10-14-4-6-15(7-5-14)42-11-21-33-24(36-43-21)27(29,30)31/h4-9,18H,10-12,32H2,1-3H3/t18-/m0/s1. The zero-order chi connectivity index (χ0) is 32.9. The number of sulfone groups is 1. The number of hydrogen-bond acceptors (Lipinski definition) is 12. The Balaban J connectivity index is 1.45. The third-order valence-electron chi connectivity index (χ3n) is 7.09. The molecule has 45 heavy (non-hydrogen) atoms. The van der Waals surface area contributed by atoms with Crippen LogP contribution in [-0.2, 0) is 44.2 Å². The summed E-state index contributed by atoms with van der Waals surface area (Å²) < 4.78 is 94.8. The van der Waals surface area contributed by atoms with Crippen LogP contribution in [0.3, 0.4) is 0 Å². The Hall–Kier alpha value is -4.71. The van der Waals surface area contributed by atoms with E-state index in [1.165, 1.54) is 31.2 Å². The van der Waals surface area contributed by atoms with Gasteiger partial charge in [-0.3, -0.25) is 9.59 Å². The van der Waals surface area contributed by atoms with Crippen molar-refractivity contribution in [1.29, 1.82) is 0 Å². The highest BCUT2D eigenvalue weighted by Gasteiger charge is 2.39. The van der Waals surface area contributed by atoms with Crippen molar-refractivity contribution < 1.29 is 49.4 Å². The van der Waals surface area contributed by atoms with Crippen LogP contribution >= 0.6 is 0 Å². The van der Waals surface area contributed by atoms with Crippen LogP contribution in [0.5, 0.6) is 5.75 Å². The zero-order valence-corrected chi connectivity index (χ0v) is 24.6. The van der Waals surface area contributed by atoms with Crippen molar-refractivity contribution in [2.45, 2.75) is 56.5 Å². The Morgan fingerprint density at radius 2 is 1.80 bits per heavy atom. The number of hydrogen-bond donors (Lipinski definition) is 1. The van der Waals surface area contributed by atoms with Crippen molar-refractivity contribution in [2.24, 2.45) is 5.73 Å². The molecule has 13 nitrogen and oxygen atoms in total. The van der Waals surface area contributed by atoms with E-state index in [2.05, 4.69) is 24.8 Å². The van der Waals surface area contributed by atoms with Gasteiger partial charge in [0.25, 0.3) is 11.7 Å². The number of benzene rings is 2. The van der Waals surface area contributed by atoms with Crippen LogP contribution in [0.2, 0.25) is 0 Å². The van der Waals surface area contributed by atoms with E-state index in [4.69, 9.17) is 15.0 Å². The van der Waals surface area contributed by atoms with Crippen molar-refractivity contribution in [3.63, 3.8) is 0 Å². The molecule has 0 bridgehead atoms. The van der Waals surface area contributed by atoms with Gasteiger partial charge in [-0.1, -0.05) is 22.4 Å². The molecule has 5 rings (SSSR count). The molecule has 238 valence electrons. The SMILES string of the molecule is CC(=O)C(C)(C)c1nc(-c2cc3c(cc2F)S(=O)(=O)C[C@H](N)C(=O)N3Cc2ccc(OCc3nc(C(F)(F)F)no3)cc2)no1. The van der Waals surface area contributed by atoms with Gasteiger partial charge in [-0.15, -0.1) is 0 Å². The number of ether oxygens (including phenoxy) is 1. The first kappa shape index (κ1) is 31.7. The van der Waals surface area contributed by atoms with Gasteiger partial charge in [0.2, 0.25) is 17.6 Å². The molecule has 1 aliphatic rings. The van der Waals surface area contributed by atoms with E-state index < -0.39 is 68.2 Å². The largest absolute Gasteiger partial charge is 0.484 e. The Kier molecular flexibility index (Phi) is 7.99. The van der Waals surface area contributed by atoms with Crippen molar-refractivity contribution in [1.82, 2.24) is 20.3 Å². The van der Waals surface area contributed by atoms with Gasteiger partial charge in [-0.2, -0.15) is 23.1 Å². The van der Waals surface area contributed by atoms with Crippen LogP contribution in [0.4, 0.5) is 23.2 Å². The molecule has 2 N–H and O–H groups in total. The van der Waals surface area contributed by atoms with Crippen molar-refractivity contribution in [3.05, 3.63) is 65.4 Å². The van der Waals surface area contributed by atoms with E-state index in [1.807, 2.05) is 0 Å². The molecule has 0 spiro atoms. The van der Waals surface area contributed by atoms with Crippen LogP contribution in [-0.4, -0.2) is 52.2 Å². The van der Waals surface area contributed by atoms with Gasteiger partial charge >= 0.3 is 6.18 Å². The minimum atomic E-state index is -4.78. The summed E-state index contributed by atoms with van der Waals surface area (Å²) in [6.07, 6.45) is -4.78. The molecule has 1 atom stereocenters. The molecule has 1 aliphatic heterocycles. The summed E-state index contributed by atoms with van der Waals surface area (Å²) in [5.41, 5.74) is 4.75. The first-order valence-electron chi connectivity index (χ1n) is 13.1. The lowest BCUT2D eigenvalue weighted by Crippen LogP contribution is -2.45. The molecule has 1 amide bonds. The second kappa shape index (κ2) is 11.3. The second-order valence-corrected chi connectivity index (χ2v) is 12.7. The minimum Gasteiger partial charge on any atom is -0.484 e. The number of ketones is 1. The number of Topliss-reactive ketones (excluding diaryl/α,β-unsaturated/α-hetero) is 1. The highest BCUT2D eigenvalue weighted by atomic mass is 32.2. The zero-order valence-electron chi connectivity index (χ0n) is 23.8. The van der Waals surface area contributed by atoms with Crippen molar-refractivity contribution in [3.8, 4) is 17.1 Å². The molecule has 0 aliphatic carbocycles. The number of alkyl halides is 3. The van der Waals surface area contributed by atoms with E-state index >= 15 is 4.39 Å². The number of halogens is 4. The fourth-order valence-electron chi connectivity index (χ4n) is 4.24. The fourth-order valence-corrected chi connectivity index (χ4v) is 5.80. The van der Waals surface area contributed by atoms with Gasteiger partial charge in [0, 0.05) is 0 Å². The van der Waals surface area contributed by atoms with Crippen molar-refractivity contribution >= 4 is 27.2 Å². The Labute approximate surface area is 252 Å². The number of nitrogens with zero attached hydrogens (tertiary/aromatic N) is 5. The van der Waals surface area contributed by atoms with Crippen LogP contribution in [0, 0.1) is 5.82 Å². The van der Waals surface area contributed by atoms with Crippen LogP contribution < -0.4 is 15.4 Å². The summed E-state index contributed by atoms with van der Waals surface area (Å²) in [6.45, 7) is 3.74. The van der Waals surface area contributed by atoms with E-state index in [-0.39, 0.29) is 41.0 Å². The molecule has 18 heteroatoms. The van der Waals surface area contributed by atoms with E-state index in [0.717, 1.165) is 17.0 Å². The lowest BCUT2D eigenvalue weighted by Gasteiger charge is -2.24. The number of nitrogens with two attached hydrogens (primary N) is 1. The lowest BCUT2D eigenvalue weighted by atomic mass is 9.89. The molecule has 3 heterocycles. The van der Waals surface area contributed by atoms with Crippen molar-refractivity contribution in [2.75, 3.05) is 10.7 Å². The summed E-state index contributed by atoms with van der Waals surface area (Å²) in [5, 5.41) is 6.62. The van der Waals surface area contributed by atoms with E-state index in [9.17, 15) is 31.2 Å². The minimum absolute atomic E-state index is 0.0934. The Morgan fingerprint density at radius 3 is 2.42 bits per heavy atom. The van der Waals surface area contributed by atoms with Gasteiger partial charge in [0.1, 0.15) is 22.8 Å². The monoisotopic (exact) mass is 652 g/mol. The molecule has 2 aromatic heterocycles. The third kappa shape index (κ3) is 6.28. The van der Waals surface area contributed by atoms with E-state index in [0.29, 0.717) is 5.56 Å². The predicted molar refractivity (Wildman–Crippen MR) is 145 cm³/mol. The quantitative estimate of drug-likeness (QED) is 0.274. The van der Waals surface area contributed by atoms with Gasteiger partial charge in [0.15, 0.2) is 16.4 Å². The maximum atomic E-state index is 15.4. The van der Waals surface area contributed by atoms with Gasteiger partial charge in [-0.25, -0.2) is 12.8 Å². The average Bonchev–Trinajstić information content (AvgIpc) is 3.64. The summed E-state index contributed by atoms with van der Waals surface area (Å²) in [5.74, 6) is -4.86. The van der Waals surface area contributed by atoms with Gasteiger partial charge < -0.3 is 24.4 Å². The summed E-state index contributed by atoms with van der Waals surface area (Å²) in [7, 11) is -4.23. The number of aromatic nitrogens is 4. The molecular formula is C27H24F4N6O7S. The van der Waals surface area contributed by atoms with Gasteiger partial charge in [0.05, 0.1) is 34.5 Å². The van der Waals surface area contributed by atoms with Crippen LogP contribution in [0.1, 0.15) is 43.9 Å². The molecule has 2 aromatic carbocycles. The fraction of sp³-hybridized carbons (Fsp3) is 0.333. The number of fused-ring (bicyclic) bond motifs is 1. The number of amides is 1. The molecular weight excluding hydrogens is 628 g/mol. The normalized spacial score (nSPS) is 16.8. The maximum Gasteiger partial charge on any atom is 0.455 e. The average molecular weight is 653 g/mol. The summed E-state index contributed by atoms with van der Waals surface area (Å²) >= 11 is 0. The predicted octanol–water partition coefficient (Wildman–Crippen LogP) is 3.37. The number of rotatable bonds is 8. The van der Waals surface area contributed by atoms with Crippen LogP contribution in [0.25, 0.3) is 11.4 Å². The highest BCUT2D eigenvalue weighted by Crippen LogP contribution is 2.37. The topological polar surface area (TPSA) is 185 Å². The van der Waals surface area contributed by atoms with Crippen LogP contribution in [0.15, 0.2) is 50.3 Å². The maximum absolute atomic E-state index is 15.4. The molecule has 0 fully saturated rings. The molecule has 0 radical (unpaired) electrons. The molecule has 0 unspecified atom stereocenters. The summed E-state index contributed by atoms with van der Waals surface area (Å²) in [6, 6.07) is 6.31. The third-order valence-corrected chi connectivity index (χ3v) is 8.88. The lowest BCUT2D eigenvalue weighted by molar-refractivity contribution is -0.146. The number of carbonyl (C=O) groups is 2. The summed E-state index contributed by atoms with van der Waals surface area (Å²) in [4.78, 5) is 33.4. The number of anilines is 1. The Bertz CT molecular complexity index is 1890. The smallest absolute Gasteiger partial charge is 0.455 e. The molecule has 0 saturated carbocycles. The van der Waals surface area contributed by atoms with E-state index in [1.54, 1.807) is 13.8 Å². The highest BCUT2D eigenvalue weighted by molar-refractivity contribution is 7.91. The Morgan fingerprint density at radius 1 is 1.11 bits per heavy atom. The second-order valence-electron chi connectivity index (χ2n) is 10.7.